The van der Waals surface area contributed by atoms with Crippen LogP contribution in [0.2, 0.25) is 10.0 Å². The number of rotatable bonds is 44. The average molecular weight is 2850 g/mol. The van der Waals surface area contributed by atoms with Gasteiger partial charge < -0.3 is 10.4 Å². The van der Waals surface area contributed by atoms with Crippen LogP contribution < -0.4 is 5.32 Å². The lowest BCUT2D eigenvalue weighted by atomic mass is 9.88. The highest BCUT2D eigenvalue weighted by Gasteiger charge is 2.64. The standard InChI is InChI=1S/C34H30Cl2N2O5S.B6H63P67/c1-22-8-5-6-13-31(22)44(42,43)38-30(24-14-16-26(35)17-15-24)19-18-28(32(38)25-11-7-12-27(36)21-25)33(39)37-29(34(40)41)20-23-9-3-2-4-10-23;1-38-57(39(2)3)66(56(36)37)71(67(58(40(4)5)41(6)7)59(42(8)9)43(10)11)73(70(64(52(28)29)53(30)31)65(54(32)33)55(34)35)72(68(60(44(12)13)45(14)15)61(46(16)17)47(18)19)69(62(48(20)21)49(22)23)63(50(24)25)51(26)27/h2-18,21,29-30,32H,19-20H2,1H3,(H,37,39)(H,40,41);38H,7-37H2/t29-,30-,32-;/m0./s1. The molecule has 0 bridgehead atoms. The summed E-state index contributed by atoms with van der Waals surface area (Å²) in [6.07, 6.45) is 1.89. The van der Waals surface area contributed by atoms with Gasteiger partial charge in [0.25, 0.3) is 0 Å². The van der Waals surface area contributed by atoms with Gasteiger partial charge in [-0.25, -0.2) is 13.2 Å². The molecule has 2 N–H and O–H groups in total. The molecule has 642 valence electrons. The van der Waals surface area contributed by atoms with E-state index in [4.69, 9.17) is 68.6 Å². The van der Waals surface area contributed by atoms with Crippen molar-refractivity contribution in [1.82, 2.24) is 9.62 Å². The normalized spacial score (nSPS) is 17.5. The van der Waals surface area contributed by atoms with Crippen molar-refractivity contribution in [3.05, 3.63) is 147 Å². The summed E-state index contributed by atoms with van der Waals surface area (Å²) < 4.78 is 30.7. The Morgan fingerprint density at radius 1 is 0.444 bits per heavy atom. The predicted molar refractivity (Wildman–Crippen MR) is 757 cm³/mol. The summed E-state index contributed by atoms with van der Waals surface area (Å²) in [4.78, 5) is 26.4. The first-order valence-corrected chi connectivity index (χ1v) is 156. The van der Waals surface area contributed by atoms with Crippen molar-refractivity contribution >= 4 is 621 Å². The van der Waals surface area contributed by atoms with E-state index >= 15 is 0 Å². The van der Waals surface area contributed by atoms with Crippen molar-refractivity contribution in [3.63, 3.8) is 0 Å². The molecule has 0 aliphatic carbocycles. The molecule has 4 aromatic rings. The molecular weight excluding hydrogens is 2760 g/mol. The van der Waals surface area contributed by atoms with Crippen LogP contribution in [0.5, 0.6) is 0 Å². The van der Waals surface area contributed by atoms with E-state index in [1.807, 2.05) is 6.07 Å². The number of carboxylic acid groups (broad SMARTS) is 1. The fourth-order valence-electron chi connectivity index (χ4n) is 9.93. The van der Waals surface area contributed by atoms with E-state index in [2.05, 4.69) is 282 Å². The van der Waals surface area contributed by atoms with Crippen LogP contribution in [0.1, 0.15) is 40.8 Å². The fourth-order valence-corrected chi connectivity index (χ4v) is 997. The van der Waals surface area contributed by atoms with Crippen molar-refractivity contribution in [1.29, 1.82) is 0 Å². The Hall–Kier alpha value is 25.2. The maximum absolute atomic E-state index is 14.7. The molecule has 83 heteroatoms. The minimum Gasteiger partial charge on any atom is -0.480 e. The van der Waals surface area contributed by atoms with Gasteiger partial charge in [-0.1, -0.05) is 109 Å². The summed E-state index contributed by atoms with van der Waals surface area (Å²) in [6.45, 7) is -14.6. The van der Waals surface area contributed by atoms with Crippen LogP contribution in [0.4, 0.5) is 0 Å². The highest BCUT2D eigenvalue weighted by Crippen LogP contribution is 3.50. The second kappa shape index (κ2) is 69.3. The van der Waals surface area contributed by atoms with Gasteiger partial charge in [-0.15, -0.1) is 292 Å². The molecule has 4 aromatic carbocycles. The molecule has 1 amide bonds. The number of hydrogen-bond acceptors (Lipinski definition) is 4. The Balaban J connectivity index is 0.000000551. The Labute approximate surface area is 832 Å². The van der Waals surface area contributed by atoms with Gasteiger partial charge in [-0.2, -0.15) is 19.0 Å². The number of halogens is 2. The molecule has 5 rings (SSSR count). The molecule has 0 saturated heterocycles. The number of sulfonamides is 1. The van der Waals surface area contributed by atoms with E-state index in [9.17, 15) is 23.1 Å². The number of carboxylic acids is 1. The van der Waals surface area contributed by atoms with Gasteiger partial charge >= 0.3 is 5.97 Å². The van der Waals surface area contributed by atoms with Crippen molar-refractivity contribution in [3.8, 4) is 0 Å². The third kappa shape index (κ3) is 42.0. The minimum atomic E-state index is -4.25. The molecule has 42 atom stereocenters. The first kappa shape index (κ1) is 135. The largest absolute Gasteiger partial charge is 0.480 e. The summed E-state index contributed by atoms with van der Waals surface area (Å²) >= 11 is 12.6. The highest BCUT2D eigenvalue weighted by atomic mass is 35.5. The Bertz CT molecular complexity index is 3630. The van der Waals surface area contributed by atoms with Crippen LogP contribution in [-0.4, -0.2) is 81.1 Å². The quantitative estimate of drug-likeness (QED) is 0.0339. The number of nitrogens with one attached hydrogen (secondary N) is 1. The summed E-state index contributed by atoms with van der Waals surface area (Å²) in [5, 5.41) is 13.5. The molecule has 1 aliphatic heterocycles. The molecule has 117 heavy (non-hydrogen) atoms. The average Bonchev–Trinajstić information content (AvgIpc) is 0.723. The lowest BCUT2D eigenvalue weighted by Crippen LogP contribution is -2.48. The van der Waals surface area contributed by atoms with Gasteiger partial charge in [-0.3, -0.25) is 4.79 Å². The van der Waals surface area contributed by atoms with E-state index in [-0.39, 0.29) is 59.4 Å². The van der Waals surface area contributed by atoms with Crippen LogP contribution >= 0.6 is 554 Å². The Morgan fingerprint density at radius 3 is 1.10 bits per heavy atom. The van der Waals surface area contributed by atoms with Gasteiger partial charge in [0.15, 0.2) is 0 Å². The maximum Gasteiger partial charge on any atom is 0.326 e. The van der Waals surface area contributed by atoms with Gasteiger partial charge in [0.05, 0.1) is 17.0 Å². The van der Waals surface area contributed by atoms with E-state index < -0.39 is 258 Å². The molecule has 12 radical (unpaired) electrons. The first-order valence-electron chi connectivity index (χ1n) is 30.5. The van der Waals surface area contributed by atoms with Crippen molar-refractivity contribution in [2.75, 3.05) is 0 Å². The Kier molecular flexibility index (Phi) is 79.7. The highest BCUT2D eigenvalue weighted by molar-refractivity contribution is 9.56. The topological polar surface area (TPSA) is 104 Å². The van der Waals surface area contributed by atoms with Crippen LogP contribution in [-0.2, 0) is 26.0 Å². The van der Waals surface area contributed by atoms with Gasteiger partial charge in [-0.05, 0) is 283 Å². The number of aliphatic carboxylic acids is 1. The third-order valence-corrected chi connectivity index (χ3v) is 495. The number of carbonyl (C=O) groups is 2. The van der Waals surface area contributed by atoms with Crippen LogP contribution in [0.3, 0.4) is 0 Å². The SMILES string of the molecule is Cc1ccccc1S(=O)(=O)N1[C@@H](c2cccc(Cl)c2)C(C(=O)N[C@@H](Cc2ccccc2)C(=O)O)=CC[C@H]1c1ccc(Cl)cc1.[B]PP(P([B])[B])P(P(P)P)P(P(P(P([B])[B])P([B])P)P(P(P)P)P(P)P)P(P(P(P(P)P)P(P)P)P(P(P)P)P(P)P)P(P(P(P(P)P)P(P)P)P(P(P)P)P(P)P)P(P(P(P)P)P(P)P)P(P(P)P)P(P)P. The monoisotopic (exact) mass is 2850 g/mol. The molecule has 1 heterocycles. The number of amides is 1. The van der Waals surface area contributed by atoms with Crippen LogP contribution in [0, 0.1) is 6.92 Å². The van der Waals surface area contributed by atoms with E-state index in [1.165, 1.54) is 10.4 Å². The molecule has 39 unspecified atom stereocenters. The number of aryl methyl sites for hydroxylation is 1. The number of hydrogen-bond donors (Lipinski definition) is 2. The van der Waals surface area contributed by atoms with Crippen LogP contribution in [0.15, 0.2) is 120 Å². The zero-order chi connectivity index (χ0) is 89.3. The minimum absolute atomic E-state index is 0.0512. The molecule has 1 aliphatic rings. The summed E-state index contributed by atoms with van der Waals surface area (Å²) in [7, 11) is 147. The predicted octanol–water partition coefficient (Wildman–Crippen LogP) is 45.5. The van der Waals surface area contributed by atoms with Gasteiger partial charge in [0.1, 0.15) is 51.4 Å². The molecule has 0 spiro atoms. The summed E-state index contributed by atoms with van der Waals surface area (Å²) in [5.74, 6) is -1.89. The van der Waals surface area contributed by atoms with Crippen molar-refractivity contribution in [2.45, 2.75) is 42.8 Å². The lowest BCUT2D eigenvalue weighted by molar-refractivity contribution is -0.141. The zero-order valence-electron chi connectivity index (χ0n) is 61.2. The fraction of sp³-hybridized carbons (Fsp3) is 0.176. The van der Waals surface area contributed by atoms with E-state index in [0.717, 1.165) is 5.56 Å². The molecule has 7 nitrogen and oxygen atoms in total. The second-order valence-electron chi connectivity index (χ2n) is 22.1. The van der Waals surface area contributed by atoms with E-state index in [1.54, 1.807) is 104 Å². The number of benzene rings is 4. The number of carbonyl (C=O) groups excluding carboxylic acids is 1. The molecule has 0 saturated carbocycles. The van der Waals surface area contributed by atoms with Crippen LogP contribution in [0.25, 0.3) is 0 Å². The zero-order valence-corrected chi connectivity index (χ0v) is 132. The molecule has 0 aromatic heterocycles. The number of nitrogens with zero attached hydrogens (tertiary/aromatic N) is 1. The third-order valence-electron chi connectivity index (χ3n) is 14.0. The lowest BCUT2D eigenvalue weighted by Gasteiger charge is -2.62. The smallest absolute Gasteiger partial charge is 0.326 e. The Morgan fingerprint density at radius 2 is 0.786 bits per heavy atom. The van der Waals surface area contributed by atoms with E-state index in [0.29, 0.717) is 26.7 Å². The maximum atomic E-state index is 14.7. The van der Waals surface area contributed by atoms with Gasteiger partial charge in [0.2, 0.25) is 15.9 Å². The van der Waals surface area contributed by atoms with Crippen molar-refractivity contribution < 1.29 is 23.1 Å². The van der Waals surface area contributed by atoms with Gasteiger partial charge in [0, 0.05) is 22.0 Å². The van der Waals surface area contributed by atoms with Crippen molar-refractivity contribution in [2.24, 2.45) is 0 Å². The summed E-state index contributed by atoms with van der Waals surface area (Å²) in [6, 6.07) is 26.1. The summed E-state index contributed by atoms with van der Waals surface area (Å²) in [5.41, 5.74) is 2.53. The second-order valence-corrected chi connectivity index (χ2v) is 303. The molecular formula is C34H93B6Cl2N2O5P67S. The first-order chi connectivity index (χ1) is 54.3. The molecule has 0 fully saturated rings.